The Balaban J connectivity index is 2.26. The lowest BCUT2D eigenvalue weighted by Crippen LogP contribution is -2.24. The number of hydrogen-bond donors (Lipinski definition) is 1. The number of nitrogens with one attached hydrogen (secondary N) is 1. The standard InChI is InChI=1S/C13H13N5O2/c1-9(18-8-15-7-16-18)13(19)17-12-10(6-14)4-3-5-11(12)20-2/h3-5,7-9H,1-2H3,(H,17,19). The second kappa shape index (κ2) is 5.84. The Labute approximate surface area is 115 Å². The molecule has 2 aromatic rings. The predicted octanol–water partition coefficient (Wildman–Crippen LogP) is 1.36. The van der Waals surface area contributed by atoms with Crippen LogP contribution in [0, 0.1) is 11.3 Å². The van der Waals surface area contributed by atoms with Gasteiger partial charge in [0.1, 0.15) is 36.2 Å². The lowest BCUT2D eigenvalue weighted by Gasteiger charge is -2.15. The number of ether oxygens (including phenoxy) is 1. The second-order valence-electron chi connectivity index (χ2n) is 4.04. The molecule has 7 heteroatoms. The molecule has 20 heavy (non-hydrogen) atoms. The first-order valence-corrected chi connectivity index (χ1v) is 5.89. The summed E-state index contributed by atoms with van der Waals surface area (Å²) in [6.45, 7) is 1.69. The molecule has 7 nitrogen and oxygen atoms in total. The number of carbonyl (C=O) groups is 1. The van der Waals surface area contributed by atoms with Gasteiger partial charge in [-0.15, -0.1) is 0 Å². The fourth-order valence-electron chi connectivity index (χ4n) is 1.69. The van der Waals surface area contributed by atoms with Gasteiger partial charge < -0.3 is 10.1 Å². The molecule has 0 spiro atoms. The van der Waals surface area contributed by atoms with Crippen LogP contribution in [0.2, 0.25) is 0 Å². The second-order valence-corrected chi connectivity index (χ2v) is 4.04. The highest BCUT2D eigenvalue weighted by molar-refractivity contribution is 5.96. The monoisotopic (exact) mass is 271 g/mol. The van der Waals surface area contributed by atoms with Gasteiger partial charge in [0, 0.05) is 0 Å². The zero-order valence-electron chi connectivity index (χ0n) is 11.1. The number of hydrogen-bond acceptors (Lipinski definition) is 5. The summed E-state index contributed by atoms with van der Waals surface area (Å²) in [4.78, 5) is 16.0. The highest BCUT2D eigenvalue weighted by Gasteiger charge is 2.19. The summed E-state index contributed by atoms with van der Waals surface area (Å²) in [5, 5.41) is 15.7. The first-order chi connectivity index (χ1) is 9.67. The Morgan fingerprint density at radius 3 is 2.95 bits per heavy atom. The summed E-state index contributed by atoms with van der Waals surface area (Å²) in [6, 6.07) is 6.45. The SMILES string of the molecule is COc1cccc(C#N)c1NC(=O)C(C)n1cncn1. The number of benzene rings is 1. The molecule has 102 valence electrons. The molecule has 0 fully saturated rings. The van der Waals surface area contributed by atoms with Crippen LogP contribution in [0.1, 0.15) is 18.5 Å². The van der Waals surface area contributed by atoms with Crippen LogP contribution in [-0.2, 0) is 4.79 Å². The summed E-state index contributed by atoms with van der Waals surface area (Å²) in [5.41, 5.74) is 0.693. The van der Waals surface area contributed by atoms with Gasteiger partial charge in [0.15, 0.2) is 0 Å². The largest absolute Gasteiger partial charge is 0.495 e. The Morgan fingerprint density at radius 2 is 2.35 bits per heavy atom. The van der Waals surface area contributed by atoms with Crippen molar-refractivity contribution < 1.29 is 9.53 Å². The smallest absolute Gasteiger partial charge is 0.249 e. The van der Waals surface area contributed by atoms with Crippen molar-refractivity contribution in [3.05, 3.63) is 36.4 Å². The molecule has 1 unspecified atom stereocenters. The van der Waals surface area contributed by atoms with Crippen LogP contribution in [0.3, 0.4) is 0 Å². The Bertz CT molecular complexity index is 645. The molecule has 1 aromatic carbocycles. The van der Waals surface area contributed by atoms with Crippen molar-refractivity contribution >= 4 is 11.6 Å². The van der Waals surface area contributed by atoms with E-state index in [1.807, 2.05) is 6.07 Å². The summed E-state index contributed by atoms with van der Waals surface area (Å²) in [5.74, 6) is 0.125. The highest BCUT2D eigenvalue weighted by atomic mass is 16.5. The van der Waals surface area contributed by atoms with Gasteiger partial charge >= 0.3 is 0 Å². The highest BCUT2D eigenvalue weighted by Crippen LogP contribution is 2.28. The molecule has 1 atom stereocenters. The van der Waals surface area contributed by atoms with Gasteiger partial charge in [-0.1, -0.05) is 6.07 Å². The van der Waals surface area contributed by atoms with Crippen LogP contribution in [0.15, 0.2) is 30.9 Å². The van der Waals surface area contributed by atoms with Crippen molar-refractivity contribution in [2.75, 3.05) is 12.4 Å². The maximum atomic E-state index is 12.2. The van der Waals surface area contributed by atoms with Gasteiger partial charge in [-0.2, -0.15) is 10.4 Å². The molecule has 0 aliphatic heterocycles. The number of nitriles is 1. The third kappa shape index (κ3) is 2.59. The Morgan fingerprint density at radius 1 is 1.55 bits per heavy atom. The van der Waals surface area contributed by atoms with Crippen LogP contribution in [-0.4, -0.2) is 27.8 Å². The molecule has 1 N–H and O–H groups in total. The lowest BCUT2D eigenvalue weighted by molar-refractivity contribution is -0.119. The van der Waals surface area contributed by atoms with E-state index in [9.17, 15) is 4.79 Å². The van der Waals surface area contributed by atoms with Crippen LogP contribution in [0.25, 0.3) is 0 Å². The first kappa shape index (κ1) is 13.5. The lowest BCUT2D eigenvalue weighted by atomic mass is 10.1. The predicted molar refractivity (Wildman–Crippen MR) is 71.1 cm³/mol. The zero-order valence-corrected chi connectivity index (χ0v) is 11.1. The molecule has 0 radical (unpaired) electrons. The zero-order chi connectivity index (χ0) is 14.5. The van der Waals surface area contributed by atoms with Crippen molar-refractivity contribution in [1.82, 2.24) is 14.8 Å². The minimum absolute atomic E-state index is 0.309. The molecule has 0 aliphatic carbocycles. The van der Waals surface area contributed by atoms with Crippen LogP contribution in [0.4, 0.5) is 5.69 Å². The maximum Gasteiger partial charge on any atom is 0.249 e. The normalized spacial score (nSPS) is 11.4. The molecule has 1 heterocycles. The van der Waals surface area contributed by atoms with E-state index in [1.165, 1.54) is 24.4 Å². The summed E-state index contributed by atoms with van der Waals surface area (Å²) < 4.78 is 6.59. The number of methoxy groups -OCH3 is 1. The fraction of sp³-hybridized carbons (Fsp3) is 0.231. The maximum absolute atomic E-state index is 12.2. The van der Waals surface area contributed by atoms with Gasteiger partial charge in [0.05, 0.1) is 12.7 Å². The van der Waals surface area contributed by atoms with E-state index in [4.69, 9.17) is 10.00 Å². The molecule has 1 aromatic heterocycles. The minimum atomic E-state index is -0.547. The van der Waals surface area contributed by atoms with Crippen molar-refractivity contribution in [2.24, 2.45) is 0 Å². The summed E-state index contributed by atoms with van der Waals surface area (Å²) >= 11 is 0. The fourth-order valence-corrected chi connectivity index (χ4v) is 1.69. The number of carbonyl (C=O) groups excluding carboxylic acids is 1. The number of amides is 1. The number of para-hydroxylation sites is 1. The van der Waals surface area contributed by atoms with Crippen LogP contribution in [0.5, 0.6) is 5.75 Å². The molecule has 0 saturated heterocycles. The topological polar surface area (TPSA) is 92.8 Å². The first-order valence-electron chi connectivity index (χ1n) is 5.89. The number of nitrogens with zero attached hydrogens (tertiary/aromatic N) is 4. The van der Waals surface area contributed by atoms with Crippen molar-refractivity contribution in [3.8, 4) is 11.8 Å². The third-order valence-corrected chi connectivity index (χ3v) is 2.83. The van der Waals surface area contributed by atoms with Gasteiger partial charge in [-0.25, -0.2) is 9.67 Å². The molecule has 0 aliphatic rings. The van der Waals surface area contributed by atoms with Gasteiger partial charge in [0.25, 0.3) is 0 Å². The van der Waals surface area contributed by atoms with E-state index in [0.29, 0.717) is 17.0 Å². The van der Waals surface area contributed by atoms with E-state index in [0.717, 1.165) is 0 Å². The van der Waals surface area contributed by atoms with E-state index < -0.39 is 6.04 Å². The quantitative estimate of drug-likeness (QED) is 0.906. The van der Waals surface area contributed by atoms with Gasteiger partial charge in [-0.3, -0.25) is 4.79 Å². The number of rotatable bonds is 4. The molecule has 1 amide bonds. The van der Waals surface area contributed by atoms with E-state index in [2.05, 4.69) is 15.4 Å². The third-order valence-electron chi connectivity index (χ3n) is 2.83. The van der Waals surface area contributed by atoms with Crippen LogP contribution < -0.4 is 10.1 Å². The minimum Gasteiger partial charge on any atom is -0.495 e. The molecule has 2 rings (SSSR count). The average molecular weight is 271 g/mol. The van der Waals surface area contributed by atoms with E-state index in [1.54, 1.807) is 25.1 Å². The number of aromatic nitrogens is 3. The van der Waals surface area contributed by atoms with Crippen LogP contribution >= 0.6 is 0 Å². The van der Waals surface area contributed by atoms with E-state index in [-0.39, 0.29) is 5.91 Å². The molecular weight excluding hydrogens is 258 g/mol. The van der Waals surface area contributed by atoms with Gasteiger partial charge in [-0.05, 0) is 19.1 Å². The van der Waals surface area contributed by atoms with Crippen molar-refractivity contribution in [1.29, 1.82) is 5.26 Å². The molecule has 0 saturated carbocycles. The number of anilines is 1. The van der Waals surface area contributed by atoms with Crippen molar-refractivity contribution in [2.45, 2.75) is 13.0 Å². The van der Waals surface area contributed by atoms with Crippen molar-refractivity contribution in [3.63, 3.8) is 0 Å². The summed E-state index contributed by atoms with van der Waals surface area (Å²) in [7, 11) is 1.48. The van der Waals surface area contributed by atoms with E-state index >= 15 is 0 Å². The Kier molecular flexibility index (Phi) is 3.96. The van der Waals surface area contributed by atoms with Gasteiger partial charge in [0.2, 0.25) is 5.91 Å². The summed E-state index contributed by atoms with van der Waals surface area (Å²) in [6.07, 6.45) is 2.81. The Hall–Kier alpha value is -2.88. The molecular formula is C13H13N5O2. The average Bonchev–Trinajstić information content (AvgIpc) is 3.00. The molecule has 0 bridgehead atoms.